The van der Waals surface area contributed by atoms with Crippen molar-refractivity contribution < 1.29 is 9.18 Å². The van der Waals surface area contributed by atoms with E-state index in [4.69, 9.17) is 0 Å². The van der Waals surface area contributed by atoms with Crippen molar-refractivity contribution in [1.82, 2.24) is 15.2 Å². The second kappa shape index (κ2) is 4.89. The number of nitrogens with one attached hydrogen (secondary N) is 1. The molecule has 3 heterocycles. The van der Waals surface area contributed by atoms with E-state index in [-0.39, 0.29) is 17.8 Å². The molecule has 2 aromatic rings. The zero-order valence-electron chi connectivity index (χ0n) is 11.3. The highest BCUT2D eigenvalue weighted by atomic mass is 32.1. The molecule has 2 saturated heterocycles. The SMILES string of the molecule is O=C(NC1CN2CCC12)c1cnc(-c2ccccc2F)s1. The first kappa shape index (κ1) is 12.9. The van der Waals surface area contributed by atoms with E-state index in [1.54, 1.807) is 18.2 Å². The Hall–Kier alpha value is -1.79. The predicted molar refractivity (Wildman–Crippen MR) is 78.7 cm³/mol. The van der Waals surface area contributed by atoms with Crippen LogP contribution in [0.3, 0.4) is 0 Å². The van der Waals surface area contributed by atoms with E-state index in [1.165, 1.54) is 23.6 Å². The van der Waals surface area contributed by atoms with Gasteiger partial charge in [-0.05, 0) is 18.6 Å². The molecule has 2 fully saturated rings. The molecule has 0 spiro atoms. The van der Waals surface area contributed by atoms with Crippen LogP contribution in [0.1, 0.15) is 16.1 Å². The fourth-order valence-corrected chi connectivity index (χ4v) is 3.75. The minimum atomic E-state index is -0.317. The maximum atomic E-state index is 13.7. The van der Waals surface area contributed by atoms with Gasteiger partial charge in [-0.2, -0.15) is 0 Å². The number of aromatic nitrogens is 1. The van der Waals surface area contributed by atoms with E-state index in [2.05, 4.69) is 15.2 Å². The van der Waals surface area contributed by atoms with E-state index >= 15 is 0 Å². The lowest BCUT2D eigenvalue weighted by Gasteiger charge is -2.56. The number of hydrogen-bond acceptors (Lipinski definition) is 4. The molecule has 4 rings (SSSR count). The van der Waals surface area contributed by atoms with E-state index < -0.39 is 0 Å². The fourth-order valence-electron chi connectivity index (χ4n) is 2.90. The molecule has 0 bridgehead atoms. The van der Waals surface area contributed by atoms with Crippen molar-refractivity contribution in [1.29, 1.82) is 0 Å². The number of benzene rings is 1. The highest BCUT2D eigenvalue weighted by Crippen LogP contribution is 2.31. The largest absolute Gasteiger partial charge is 0.346 e. The number of hydrogen-bond donors (Lipinski definition) is 1. The molecule has 4 nitrogen and oxygen atoms in total. The quantitative estimate of drug-likeness (QED) is 0.945. The molecule has 2 atom stereocenters. The van der Waals surface area contributed by atoms with Gasteiger partial charge in [0.05, 0.1) is 12.2 Å². The summed E-state index contributed by atoms with van der Waals surface area (Å²) < 4.78 is 13.7. The predicted octanol–water partition coefficient (Wildman–Crippen LogP) is 2.14. The molecule has 0 radical (unpaired) electrons. The molecular weight excluding hydrogens is 289 g/mol. The van der Waals surface area contributed by atoms with Crippen LogP contribution < -0.4 is 5.32 Å². The van der Waals surface area contributed by atoms with Crippen molar-refractivity contribution in [3.05, 3.63) is 41.2 Å². The monoisotopic (exact) mass is 303 g/mol. The van der Waals surface area contributed by atoms with Crippen LogP contribution in [0.15, 0.2) is 30.5 Å². The Bertz CT molecular complexity index is 702. The number of halogens is 1. The lowest BCUT2D eigenvalue weighted by atomic mass is 9.85. The van der Waals surface area contributed by atoms with Gasteiger partial charge in [-0.3, -0.25) is 9.69 Å². The van der Waals surface area contributed by atoms with Crippen LogP contribution in [0.5, 0.6) is 0 Å². The number of thiazole rings is 1. The van der Waals surface area contributed by atoms with Gasteiger partial charge in [0.25, 0.3) is 5.91 Å². The molecule has 0 saturated carbocycles. The maximum Gasteiger partial charge on any atom is 0.263 e. The number of rotatable bonds is 3. The van der Waals surface area contributed by atoms with Gasteiger partial charge in [0, 0.05) is 24.7 Å². The van der Waals surface area contributed by atoms with Crippen LogP contribution in [-0.2, 0) is 0 Å². The Labute approximate surface area is 125 Å². The first-order valence-corrected chi connectivity index (χ1v) is 7.79. The minimum Gasteiger partial charge on any atom is -0.346 e. The summed E-state index contributed by atoms with van der Waals surface area (Å²) in [5, 5.41) is 3.58. The van der Waals surface area contributed by atoms with Gasteiger partial charge in [-0.25, -0.2) is 9.37 Å². The Morgan fingerprint density at radius 2 is 2.29 bits per heavy atom. The summed E-state index contributed by atoms with van der Waals surface area (Å²) in [4.78, 5) is 19.3. The van der Waals surface area contributed by atoms with Crippen LogP contribution in [0.2, 0.25) is 0 Å². The summed E-state index contributed by atoms with van der Waals surface area (Å²) in [5.41, 5.74) is 0.440. The summed E-state index contributed by atoms with van der Waals surface area (Å²) in [6, 6.07) is 7.25. The van der Waals surface area contributed by atoms with Crippen molar-refractivity contribution in [2.45, 2.75) is 18.5 Å². The van der Waals surface area contributed by atoms with E-state index in [0.29, 0.717) is 21.5 Å². The normalized spacial score (nSPS) is 23.9. The number of fused-ring (bicyclic) bond motifs is 1. The molecular formula is C15H14FN3OS. The highest BCUT2D eigenvalue weighted by Gasteiger charge is 2.45. The summed E-state index contributed by atoms with van der Waals surface area (Å²) in [7, 11) is 0. The van der Waals surface area contributed by atoms with Gasteiger partial charge >= 0.3 is 0 Å². The molecule has 108 valence electrons. The molecule has 21 heavy (non-hydrogen) atoms. The highest BCUT2D eigenvalue weighted by molar-refractivity contribution is 7.16. The topological polar surface area (TPSA) is 45.2 Å². The Kier molecular flexibility index (Phi) is 3.01. The van der Waals surface area contributed by atoms with Crippen LogP contribution in [0.25, 0.3) is 10.6 Å². The summed E-state index contributed by atoms with van der Waals surface area (Å²) in [5.74, 6) is -0.422. The number of amides is 1. The van der Waals surface area contributed by atoms with Crippen molar-refractivity contribution in [3.8, 4) is 10.6 Å². The summed E-state index contributed by atoms with van der Waals surface area (Å²) in [6.07, 6.45) is 2.69. The van der Waals surface area contributed by atoms with Gasteiger partial charge in [-0.1, -0.05) is 12.1 Å². The Morgan fingerprint density at radius 3 is 2.95 bits per heavy atom. The van der Waals surface area contributed by atoms with Crippen LogP contribution in [0.4, 0.5) is 4.39 Å². The molecule has 1 N–H and O–H groups in total. The van der Waals surface area contributed by atoms with Gasteiger partial charge in [0.2, 0.25) is 0 Å². The van der Waals surface area contributed by atoms with Gasteiger partial charge in [0.15, 0.2) is 0 Å². The zero-order chi connectivity index (χ0) is 14.4. The second-order valence-corrected chi connectivity index (χ2v) is 6.47. The average molecular weight is 303 g/mol. The molecule has 1 amide bonds. The molecule has 2 unspecified atom stereocenters. The third-order valence-electron chi connectivity index (χ3n) is 4.23. The minimum absolute atomic E-state index is 0.105. The number of carbonyl (C=O) groups is 1. The first-order valence-electron chi connectivity index (χ1n) is 6.98. The van der Waals surface area contributed by atoms with E-state index in [9.17, 15) is 9.18 Å². The van der Waals surface area contributed by atoms with Crippen molar-refractivity contribution >= 4 is 17.2 Å². The molecule has 2 aliphatic rings. The van der Waals surface area contributed by atoms with Crippen LogP contribution in [0, 0.1) is 5.82 Å². The molecule has 0 aliphatic carbocycles. The molecule has 6 heteroatoms. The van der Waals surface area contributed by atoms with Gasteiger partial charge in [-0.15, -0.1) is 11.3 Å². The smallest absolute Gasteiger partial charge is 0.263 e. The lowest BCUT2D eigenvalue weighted by Crippen LogP contribution is -2.72. The summed E-state index contributed by atoms with van der Waals surface area (Å²) >= 11 is 1.23. The van der Waals surface area contributed by atoms with Crippen molar-refractivity contribution in [2.24, 2.45) is 0 Å². The average Bonchev–Trinajstić information content (AvgIpc) is 2.94. The third kappa shape index (κ3) is 2.15. The van der Waals surface area contributed by atoms with Gasteiger partial charge in [0.1, 0.15) is 15.7 Å². The van der Waals surface area contributed by atoms with E-state index in [0.717, 1.165) is 19.5 Å². The van der Waals surface area contributed by atoms with Gasteiger partial charge < -0.3 is 5.32 Å². The Morgan fingerprint density at radius 1 is 1.43 bits per heavy atom. The number of carbonyl (C=O) groups excluding carboxylic acids is 1. The summed E-state index contributed by atoms with van der Waals surface area (Å²) in [6.45, 7) is 2.09. The zero-order valence-corrected chi connectivity index (χ0v) is 12.1. The fraction of sp³-hybridized carbons (Fsp3) is 0.333. The Balaban J connectivity index is 1.49. The third-order valence-corrected chi connectivity index (χ3v) is 5.26. The van der Waals surface area contributed by atoms with Crippen molar-refractivity contribution in [2.75, 3.05) is 13.1 Å². The molecule has 1 aromatic carbocycles. The number of piperidine rings is 1. The number of nitrogens with zero attached hydrogens (tertiary/aromatic N) is 2. The van der Waals surface area contributed by atoms with Crippen LogP contribution >= 0.6 is 11.3 Å². The van der Waals surface area contributed by atoms with E-state index in [1.807, 2.05) is 0 Å². The molecule has 1 aromatic heterocycles. The van der Waals surface area contributed by atoms with Crippen LogP contribution in [-0.4, -0.2) is 41.0 Å². The maximum absolute atomic E-state index is 13.7. The lowest BCUT2D eigenvalue weighted by molar-refractivity contribution is -0.0370. The standard InChI is InChI=1S/C15H14FN3OS/c16-10-4-2-1-3-9(10)15-17-7-13(21-15)14(20)18-11-8-19-6-5-12(11)19/h1-4,7,11-12H,5-6,8H2,(H,18,20). The first-order chi connectivity index (χ1) is 10.2. The van der Waals surface area contributed by atoms with Crippen molar-refractivity contribution in [3.63, 3.8) is 0 Å². The molecule has 2 aliphatic heterocycles. The second-order valence-electron chi connectivity index (χ2n) is 5.44.